The van der Waals surface area contributed by atoms with Gasteiger partial charge in [-0.3, -0.25) is 14.9 Å². The van der Waals surface area contributed by atoms with Gasteiger partial charge in [-0.1, -0.05) is 0 Å². The van der Waals surface area contributed by atoms with Crippen molar-refractivity contribution in [3.05, 3.63) is 0 Å². The van der Waals surface area contributed by atoms with Crippen molar-refractivity contribution in [1.29, 1.82) is 0 Å². The molecule has 0 aliphatic heterocycles. The molecule has 0 saturated heterocycles. The van der Waals surface area contributed by atoms with E-state index in [0.29, 0.717) is 6.04 Å². The molecule has 0 unspecified atom stereocenters. The van der Waals surface area contributed by atoms with Gasteiger partial charge in [0.15, 0.2) is 0 Å². The molecule has 96 valence electrons. The molecule has 0 atom stereocenters. The van der Waals surface area contributed by atoms with E-state index in [4.69, 9.17) is 11.6 Å². The SMILES string of the molecule is O=C(CCCl)NC(=O)NCCC(=O)NC1CC1. The Morgan fingerprint density at radius 1 is 1.12 bits per heavy atom. The summed E-state index contributed by atoms with van der Waals surface area (Å²) < 4.78 is 0. The molecule has 0 aromatic rings. The van der Waals surface area contributed by atoms with Crippen molar-refractivity contribution in [1.82, 2.24) is 16.0 Å². The molecule has 0 aromatic carbocycles. The molecule has 0 radical (unpaired) electrons. The van der Waals surface area contributed by atoms with E-state index in [0.717, 1.165) is 12.8 Å². The average molecular weight is 262 g/mol. The van der Waals surface area contributed by atoms with Crippen molar-refractivity contribution < 1.29 is 14.4 Å². The summed E-state index contributed by atoms with van der Waals surface area (Å²) >= 11 is 5.33. The zero-order valence-electron chi connectivity index (χ0n) is 9.42. The van der Waals surface area contributed by atoms with E-state index in [2.05, 4.69) is 16.0 Å². The van der Waals surface area contributed by atoms with Crippen LogP contribution in [0.1, 0.15) is 25.7 Å². The molecule has 1 aliphatic rings. The minimum Gasteiger partial charge on any atom is -0.353 e. The van der Waals surface area contributed by atoms with Crippen molar-refractivity contribution >= 4 is 29.4 Å². The van der Waals surface area contributed by atoms with Crippen LogP contribution in [-0.2, 0) is 9.59 Å². The molecule has 0 aromatic heterocycles. The standard InChI is InChI=1S/C10H16ClN3O3/c11-5-3-8(15)14-10(17)12-6-4-9(16)13-7-1-2-7/h7H,1-6H2,(H,13,16)(H2,12,14,15,17). The van der Waals surface area contributed by atoms with Crippen molar-refractivity contribution in [2.45, 2.75) is 31.7 Å². The van der Waals surface area contributed by atoms with Gasteiger partial charge in [-0.25, -0.2) is 4.79 Å². The second kappa shape index (κ2) is 7.11. The summed E-state index contributed by atoms with van der Waals surface area (Å²) in [6.45, 7) is 0.207. The predicted octanol–water partition coefficient (Wildman–Crippen LogP) is 0.110. The first-order chi connectivity index (χ1) is 8.11. The van der Waals surface area contributed by atoms with Crippen LogP contribution in [0.2, 0.25) is 0 Å². The molecule has 0 bridgehead atoms. The van der Waals surface area contributed by atoms with Crippen LogP contribution in [0.4, 0.5) is 4.79 Å². The second-order valence-electron chi connectivity index (χ2n) is 3.83. The number of urea groups is 1. The Hall–Kier alpha value is -1.30. The smallest absolute Gasteiger partial charge is 0.321 e. The second-order valence-corrected chi connectivity index (χ2v) is 4.21. The molecule has 6 nitrogen and oxygen atoms in total. The number of hydrogen-bond donors (Lipinski definition) is 3. The maximum Gasteiger partial charge on any atom is 0.321 e. The fourth-order valence-electron chi connectivity index (χ4n) is 1.14. The molecule has 0 spiro atoms. The zero-order chi connectivity index (χ0) is 12.7. The van der Waals surface area contributed by atoms with Crippen LogP contribution in [-0.4, -0.2) is 36.3 Å². The first kappa shape index (κ1) is 13.8. The molecule has 1 fully saturated rings. The number of carbonyl (C=O) groups is 3. The van der Waals surface area contributed by atoms with Crippen LogP contribution in [0.5, 0.6) is 0 Å². The number of alkyl halides is 1. The number of hydrogen-bond acceptors (Lipinski definition) is 3. The van der Waals surface area contributed by atoms with Gasteiger partial charge < -0.3 is 10.6 Å². The Balaban J connectivity index is 2.02. The van der Waals surface area contributed by atoms with Gasteiger partial charge in [0.25, 0.3) is 0 Å². The van der Waals surface area contributed by atoms with E-state index >= 15 is 0 Å². The Labute approximate surface area is 104 Å². The average Bonchev–Trinajstić information content (AvgIpc) is 3.01. The van der Waals surface area contributed by atoms with Crippen LogP contribution in [0.25, 0.3) is 0 Å². The normalized spacial score (nSPS) is 13.9. The lowest BCUT2D eigenvalue weighted by atomic mass is 10.4. The lowest BCUT2D eigenvalue weighted by molar-refractivity contribution is -0.121. The molecule has 1 aliphatic carbocycles. The van der Waals surface area contributed by atoms with Crippen molar-refractivity contribution in [3.8, 4) is 0 Å². The van der Waals surface area contributed by atoms with E-state index in [-0.39, 0.29) is 31.2 Å². The maximum atomic E-state index is 11.2. The summed E-state index contributed by atoms with van der Waals surface area (Å²) in [4.78, 5) is 33.3. The quantitative estimate of drug-likeness (QED) is 0.593. The van der Waals surface area contributed by atoms with Crippen molar-refractivity contribution in [3.63, 3.8) is 0 Å². The Kier molecular flexibility index (Phi) is 5.76. The van der Waals surface area contributed by atoms with Gasteiger partial charge in [0.05, 0.1) is 0 Å². The molecular weight excluding hydrogens is 246 g/mol. The summed E-state index contributed by atoms with van der Waals surface area (Å²) in [5, 5.41) is 7.32. The predicted molar refractivity (Wildman–Crippen MR) is 62.7 cm³/mol. The molecule has 3 N–H and O–H groups in total. The van der Waals surface area contributed by atoms with Gasteiger partial charge in [-0.15, -0.1) is 11.6 Å². The number of carbonyl (C=O) groups excluding carboxylic acids is 3. The Morgan fingerprint density at radius 2 is 1.82 bits per heavy atom. The fourth-order valence-corrected chi connectivity index (χ4v) is 1.31. The van der Waals surface area contributed by atoms with Gasteiger partial charge in [-0.05, 0) is 12.8 Å². The molecular formula is C10H16ClN3O3. The van der Waals surface area contributed by atoms with Gasteiger partial charge in [0.2, 0.25) is 11.8 Å². The van der Waals surface area contributed by atoms with Crippen molar-refractivity contribution in [2.75, 3.05) is 12.4 Å². The van der Waals surface area contributed by atoms with Crippen LogP contribution in [0.15, 0.2) is 0 Å². The number of amides is 4. The summed E-state index contributed by atoms with van der Waals surface area (Å²) in [5.41, 5.74) is 0. The van der Waals surface area contributed by atoms with E-state index in [1.165, 1.54) is 0 Å². The van der Waals surface area contributed by atoms with Gasteiger partial charge in [0.1, 0.15) is 0 Å². The largest absolute Gasteiger partial charge is 0.353 e. The highest BCUT2D eigenvalue weighted by atomic mass is 35.5. The summed E-state index contributed by atoms with van der Waals surface area (Å²) in [6.07, 6.45) is 2.38. The van der Waals surface area contributed by atoms with E-state index < -0.39 is 11.9 Å². The van der Waals surface area contributed by atoms with E-state index in [9.17, 15) is 14.4 Å². The van der Waals surface area contributed by atoms with E-state index in [1.54, 1.807) is 0 Å². The van der Waals surface area contributed by atoms with Gasteiger partial charge in [0, 0.05) is 31.3 Å². The van der Waals surface area contributed by atoms with Crippen LogP contribution in [0, 0.1) is 0 Å². The fraction of sp³-hybridized carbons (Fsp3) is 0.700. The lowest BCUT2D eigenvalue weighted by Gasteiger charge is -2.06. The number of imide groups is 1. The van der Waals surface area contributed by atoms with Gasteiger partial charge in [-0.2, -0.15) is 0 Å². The van der Waals surface area contributed by atoms with Gasteiger partial charge >= 0.3 is 6.03 Å². The first-order valence-electron chi connectivity index (χ1n) is 5.55. The molecule has 1 rings (SSSR count). The Bertz CT molecular complexity index is 305. The first-order valence-corrected chi connectivity index (χ1v) is 6.08. The summed E-state index contributed by atoms with van der Waals surface area (Å²) in [5.74, 6) is -0.345. The minimum absolute atomic E-state index is 0.0834. The zero-order valence-corrected chi connectivity index (χ0v) is 10.2. The summed E-state index contributed by atoms with van der Waals surface area (Å²) in [7, 11) is 0. The van der Waals surface area contributed by atoms with Crippen LogP contribution < -0.4 is 16.0 Å². The molecule has 17 heavy (non-hydrogen) atoms. The highest BCUT2D eigenvalue weighted by molar-refractivity contribution is 6.19. The minimum atomic E-state index is -0.598. The number of rotatable bonds is 6. The van der Waals surface area contributed by atoms with Crippen LogP contribution >= 0.6 is 11.6 Å². The highest BCUT2D eigenvalue weighted by Crippen LogP contribution is 2.18. The highest BCUT2D eigenvalue weighted by Gasteiger charge is 2.22. The maximum absolute atomic E-state index is 11.2. The third kappa shape index (κ3) is 6.78. The lowest BCUT2D eigenvalue weighted by Crippen LogP contribution is -2.41. The van der Waals surface area contributed by atoms with Crippen molar-refractivity contribution in [2.24, 2.45) is 0 Å². The molecule has 7 heteroatoms. The molecule has 1 saturated carbocycles. The number of nitrogens with one attached hydrogen (secondary N) is 3. The number of halogens is 1. The molecule has 4 amide bonds. The third-order valence-electron chi connectivity index (χ3n) is 2.15. The third-order valence-corrected chi connectivity index (χ3v) is 2.34. The van der Waals surface area contributed by atoms with Crippen LogP contribution in [0.3, 0.4) is 0 Å². The topological polar surface area (TPSA) is 87.3 Å². The Morgan fingerprint density at radius 3 is 2.41 bits per heavy atom. The summed E-state index contributed by atoms with van der Waals surface area (Å²) in [6, 6.07) is -0.277. The molecule has 0 heterocycles. The monoisotopic (exact) mass is 261 g/mol. The van der Waals surface area contributed by atoms with E-state index in [1.807, 2.05) is 0 Å².